The normalized spacial score (nSPS) is 10.5. The molecule has 0 heterocycles. The van der Waals surface area contributed by atoms with E-state index in [9.17, 15) is 9.59 Å². The van der Waals surface area contributed by atoms with Gasteiger partial charge in [-0.05, 0) is 12.0 Å². The van der Waals surface area contributed by atoms with Crippen LogP contribution in [0.25, 0.3) is 0 Å². The summed E-state index contributed by atoms with van der Waals surface area (Å²) in [6.07, 6.45) is 0.749. The molecule has 0 aliphatic rings. The first kappa shape index (κ1) is 23.9. The summed E-state index contributed by atoms with van der Waals surface area (Å²) in [7, 11) is 0. The Bertz CT molecular complexity index is 525. The van der Waals surface area contributed by atoms with Crippen LogP contribution in [0.2, 0.25) is 0 Å². The van der Waals surface area contributed by atoms with E-state index in [2.05, 4.69) is 5.32 Å². The SMILES string of the molecule is CCCC(=O)OCCOCCOCCOCCNC(=O)OCc1ccccc1. The fourth-order valence-electron chi connectivity index (χ4n) is 2.03. The number of nitrogens with one attached hydrogen (secondary N) is 1. The van der Waals surface area contributed by atoms with Crippen molar-refractivity contribution >= 4 is 12.1 Å². The third kappa shape index (κ3) is 14.0. The van der Waals surface area contributed by atoms with Crippen molar-refractivity contribution in [3.63, 3.8) is 0 Å². The Morgan fingerprint density at radius 3 is 2.07 bits per heavy atom. The van der Waals surface area contributed by atoms with Gasteiger partial charge in [0.2, 0.25) is 0 Å². The van der Waals surface area contributed by atoms with E-state index >= 15 is 0 Å². The number of esters is 1. The lowest BCUT2D eigenvalue weighted by Gasteiger charge is -2.08. The van der Waals surface area contributed by atoms with Gasteiger partial charge in [-0.15, -0.1) is 0 Å². The van der Waals surface area contributed by atoms with E-state index in [0.717, 1.165) is 12.0 Å². The molecule has 158 valence electrons. The maximum absolute atomic E-state index is 11.5. The van der Waals surface area contributed by atoms with Crippen molar-refractivity contribution in [1.29, 1.82) is 0 Å². The number of rotatable bonds is 16. The van der Waals surface area contributed by atoms with Gasteiger partial charge in [0.05, 0.1) is 39.6 Å². The highest BCUT2D eigenvalue weighted by Gasteiger charge is 2.02. The van der Waals surface area contributed by atoms with Crippen molar-refractivity contribution in [3.05, 3.63) is 35.9 Å². The zero-order chi connectivity index (χ0) is 20.3. The number of alkyl carbamates (subject to hydrolysis) is 1. The lowest BCUT2D eigenvalue weighted by Crippen LogP contribution is -2.28. The fourth-order valence-corrected chi connectivity index (χ4v) is 2.03. The fraction of sp³-hybridized carbons (Fsp3) is 0.600. The molecule has 0 spiro atoms. The third-order valence-corrected chi connectivity index (χ3v) is 3.42. The van der Waals surface area contributed by atoms with Gasteiger partial charge in [0, 0.05) is 13.0 Å². The quantitative estimate of drug-likeness (QED) is 0.338. The molecule has 0 aliphatic heterocycles. The Kier molecular flexibility index (Phi) is 14.5. The zero-order valence-electron chi connectivity index (χ0n) is 16.5. The Balaban J connectivity index is 1.79. The number of carbonyl (C=O) groups is 2. The Morgan fingerprint density at radius 1 is 0.821 bits per heavy atom. The minimum absolute atomic E-state index is 0.196. The molecule has 0 saturated heterocycles. The first-order chi connectivity index (χ1) is 13.7. The molecule has 1 aromatic rings. The molecule has 8 heteroatoms. The summed E-state index contributed by atoms with van der Waals surface area (Å²) >= 11 is 0. The second-order valence-corrected chi connectivity index (χ2v) is 5.80. The first-order valence-electron chi connectivity index (χ1n) is 9.55. The Morgan fingerprint density at radius 2 is 1.43 bits per heavy atom. The number of carbonyl (C=O) groups excluding carboxylic acids is 2. The van der Waals surface area contributed by atoms with E-state index in [4.69, 9.17) is 23.7 Å². The van der Waals surface area contributed by atoms with E-state index in [-0.39, 0.29) is 19.2 Å². The van der Waals surface area contributed by atoms with Crippen LogP contribution < -0.4 is 5.32 Å². The van der Waals surface area contributed by atoms with Crippen LogP contribution in [0.4, 0.5) is 4.79 Å². The van der Waals surface area contributed by atoms with Crippen molar-refractivity contribution in [2.45, 2.75) is 26.4 Å². The van der Waals surface area contributed by atoms with Crippen LogP contribution in [0, 0.1) is 0 Å². The molecule has 0 unspecified atom stereocenters. The van der Waals surface area contributed by atoms with Crippen molar-refractivity contribution in [3.8, 4) is 0 Å². The third-order valence-electron chi connectivity index (χ3n) is 3.42. The highest BCUT2D eigenvalue weighted by Crippen LogP contribution is 2.00. The minimum Gasteiger partial charge on any atom is -0.463 e. The second-order valence-electron chi connectivity index (χ2n) is 5.80. The van der Waals surface area contributed by atoms with Crippen LogP contribution in [-0.4, -0.2) is 64.9 Å². The molecule has 1 rings (SSSR count). The summed E-state index contributed by atoms with van der Waals surface area (Å²) < 4.78 is 26.0. The maximum Gasteiger partial charge on any atom is 0.407 e. The average Bonchev–Trinajstić information content (AvgIpc) is 2.71. The van der Waals surface area contributed by atoms with Crippen LogP contribution in [0.5, 0.6) is 0 Å². The molecule has 8 nitrogen and oxygen atoms in total. The molecule has 28 heavy (non-hydrogen) atoms. The highest BCUT2D eigenvalue weighted by molar-refractivity contribution is 5.69. The lowest BCUT2D eigenvalue weighted by atomic mass is 10.2. The Labute approximate surface area is 166 Å². The molecular weight excluding hydrogens is 366 g/mol. The van der Waals surface area contributed by atoms with E-state index in [1.165, 1.54) is 0 Å². The summed E-state index contributed by atoms with van der Waals surface area (Å²) in [6.45, 7) is 5.28. The van der Waals surface area contributed by atoms with Gasteiger partial charge < -0.3 is 29.0 Å². The molecule has 0 saturated carbocycles. The number of benzene rings is 1. The highest BCUT2D eigenvalue weighted by atomic mass is 16.6. The van der Waals surface area contributed by atoms with Gasteiger partial charge >= 0.3 is 12.1 Å². The standard InChI is InChI=1S/C20H31NO7/c1-2-6-19(22)27-16-15-26-14-13-25-12-11-24-10-9-21-20(23)28-17-18-7-4-3-5-8-18/h3-5,7-8H,2,6,9-17H2,1H3,(H,21,23). The topological polar surface area (TPSA) is 92.3 Å². The molecule has 0 aliphatic carbocycles. The van der Waals surface area contributed by atoms with E-state index in [1.807, 2.05) is 37.3 Å². The number of hydrogen-bond acceptors (Lipinski definition) is 7. The zero-order valence-corrected chi connectivity index (χ0v) is 16.5. The molecule has 0 bridgehead atoms. The van der Waals surface area contributed by atoms with Gasteiger partial charge in [0.15, 0.2) is 0 Å². The molecule has 1 aromatic carbocycles. The van der Waals surface area contributed by atoms with Crippen molar-refractivity contribution < 1.29 is 33.3 Å². The van der Waals surface area contributed by atoms with E-state index in [0.29, 0.717) is 52.6 Å². The van der Waals surface area contributed by atoms with Gasteiger partial charge in [-0.3, -0.25) is 4.79 Å². The van der Waals surface area contributed by atoms with Crippen molar-refractivity contribution in [2.75, 3.05) is 52.8 Å². The summed E-state index contributed by atoms with van der Waals surface area (Å²) in [5, 5.41) is 2.62. The molecule has 0 fully saturated rings. The molecular formula is C20H31NO7. The van der Waals surface area contributed by atoms with Gasteiger partial charge in [-0.2, -0.15) is 0 Å². The van der Waals surface area contributed by atoms with Crippen LogP contribution in [-0.2, 0) is 35.1 Å². The molecule has 1 amide bonds. The van der Waals surface area contributed by atoms with Gasteiger partial charge in [-0.1, -0.05) is 37.3 Å². The molecule has 0 aromatic heterocycles. The monoisotopic (exact) mass is 397 g/mol. The van der Waals surface area contributed by atoms with E-state index in [1.54, 1.807) is 0 Å². The lowest BCUT2D eigenvalue weighted by molar-refractivity contribution is -0.145. The van der Waals surface area contributed by atoms with Crippen LogP contribution in [0.1, 0.15) is 25.3 Å². The number of hydrogen-bond donors (Lipinski definition) is 1. The smallest absolute Gasteiger partial charge is 0.407 e. The molecule has 0 radical (unpaired) electrons. The first-order valence-corrected chi connectivity index (χ1v) is 9.55. The molecule has 1 N–H and O–H groups in total. The van der Waals surface area contributed by atoms with Crippen molar-refractivity contribution in [1.82, 2.24) is 5.32 Å². The summed E-state index contributed by atoms with van der Waals surface area (Å²) in [6, 6.07) is 9.48. The van der Waals surface area contributed by atoms with Gasteiger partial charge in [-0.25, -0.2) is 4.79 Å². The summed E-state index contributed by atoms with van der Waals surface area (Å²) in [5.41, 5.74) is 0.938. The molecule has 0 atom stereocenters. The Hall–Kier alpha value is -2.16. The summed E-state index contributed by atoms with van der Waals surface area (Å²) in [4.78, 5) is 22.6. The number of ether oxygens (including phenoxy) is 5. The van der Waals surface area contributed by atoms with Gasteiger partial charge in [0.1, 0.15) is 13.2 Å². The average molecular weight is 397 g/mol. The van der Waals surface area contributed by atoms with Gasteiger partial charge in [0.25, 0.3) is 0 Å². The van der Waals surface area contributed by atoms with E-state index < -0.39 is 6.09 Å². The second kappa shape index (κ2) is 17.0. The van der Waals surface area contributed by atoms with Crippen LogP contribution in [0.15, 0.2) is 30.3 Å². The number of amides is 1. The van der Waals surface area contributed by atoms with Crippen molar-refractivity contribution in [2.24, 2.45) is 0 Å². The summed E-state index contributed by atoms with van der Waals surface area (Å²) in [5.74, 6) is -0.196. The predicted octanol–water partition coefficient (Wildman–Crippen LogP) is 2.31. The van der Waals surface area contributed by atoms with Crippen LogP contribution in [0.3, 0.4) is 0 Å². The van der Waals surface area contributed by atoms with Crippen LogP contribution >= 0.6 is 0 Å². The maximum atomic E-state index is 11.5. The predicted molar refractivity (Wildman–Crippen MR) is 103 cm³/mol. The minimum atomic E-state index is -0.471. The largest absolute Gasteiger partial charge is 0.463 e.